The molecule has 0 saturated heterocycles. The Morgan fingerprint density at radius 1 is 1.14 bits per heavy atom. The second-order valence-electron chi connectivity index (χ2n) is 7.09. The average Bonchev–Trinajstić information content (AvgIpc) is 2.71. The molecule has 146 valence electrons. The molecule has 2 N–H and O–H groups in total. The molecule has 1 atom stereocenters. The Balaban J connectivity index is 1.81. The molecule has 0 spiro atoms. The van der Waals surface area contributed by atoms with Gasteiger partial charge < -0.3 is 15.3 Å². The van der Waals surface area contributed by atoms with Crippen molar-refractivity contribution in [1.29, 1.82) is 0 Å². The molecule has 6 nitrogen and oxygen atoms in total. The highest BCUT2D eigenvalue weighted by atomic mass is 16.4. The van der Waals surface area contributed by atoms with Crippen molar-refractivity contribution in [3.05, 3.63) is 65.2 Å². The van der Waals surface area contributed by atoms with E-state index in [0.717, 1.165) is 11.3 Å². The largest absolute Gasteiger partial charge is 0.481 e. The summed E-state index contributed by atoms with van der Waals surface area (Å²) in [5.74, 6) is -1.23. The fourth-order valence-electron chi connectivity index (χ4n) is 3.67. The number of rotatable bonds is 6. The first kappa shape index (κ1) is 19.6. The van der Waals surface area contributed by atoms with Crippen LogP contribution in [0, 0.1) is 0 Å². The lowest BCUT2D eigenvalue weighted by atomic mass is 9.78. The van der Waals surface area contributed by atoms with Gasteiger partial charge in [-0.1, -0.05) is 37.3 Å². The molecule has 2 aromatic rings. The van der Waals surface area contributed by atoms with Crippen LogP contribution in [-0.4, -0.2) is 36.5 Å². The number of aryl methyl sites for hydroxylation is 1. The van der Waals surface area contributed by atoms with Crippen LogP contribution in [0.2, 0.25) is 0 Å². The van der Waals surface area contributed by atoms with Crippen LogP contribution in [-0.2, 0) is 21.4 Å². The molecule has 1 heterocycles. The highest BCUT2D eigenvalue weighted by molar-refractivity contribution is 5.99. The normalized spacial score (nSPS) is 15.5. The lowest BCUT2D eigenvalue weighted by Gasteiger charge is -2.29. The predicted molar refractivity (Wildman–Crippen MR) is 107 cm³/mol. The van der Waals surface area contributed by atoms with Gasteiger partial charge in [0.25, 0.3) is 5.91 Å². The lowest BCUT2D eigenvalue weighted by Crippen LogP contribution is -2.46. The van der Waals surface area contributed by atoms with Gasteiger partial charge in [0.2, 0.25) is 5.91 Å². The van der Waals surface area contributed by atoms with Crippen LogP contribution in [0.5, 0.6) is 0 Å². The van der Waals surface area contributed by atoms with Gasteiger partial charge in [-0.25, -0.2) is 0 Å². The Bertz CT molecular complexity index is 910. The minimum atomic E-state index is -1.18. The monoisotopic (exact) mass is 380 g/mol. The maximum absolute atomic E-state index is 12.7. The standard InChI is InChI=1S/C22H24N2O4/c1-3-22(21(27)28,17-7-5-4-6-8-17)14-23-20(26)16-9-11-18-15(13-16)10-12-19(25)24(18)2/h4-9,11,13H,3,10,12,14H2,1-2H3,(H,23,26)(H,27,28). The van der Waals surface area contributed by atoms with Crippen LogP contribution in [0.3, 0.4) is 0 Å². The average molecular weight is 380 g/mol. The Kier molecular flexibility index (Phi) is 5.49. The fourth-order valence-corrected chi connectivity index (χ4v) is 3.67. The van der Waals surface area contributed by atoms with Gasteiger partial charge in [0.1, 0.15) is 5.41 Å². The van der Waals surface area contributed by atoms with Crippen molar-refractivity contribution in [2.45, 2.75) is 31.6 Å². The smallest absolute Gasteiger partial charge is 0.315 e. The number of nitrogens with zero attached hydrogens (tertiary/aromatic N) is 1. The number of hydrogen-bond donors (Lipinski definition) is 2. The number of carboxylic acid groups (broad SMARTS) is 1. The highest BCUT2D eigenvalue weighted by Gasteiger charge is 2.39. The van der Waals surface area contributed by atoms with E-state index in [1.807, 2.05) is 6.07 Å². The van der Waals surface area contributed by atoms with E-state index < -0.39 is 11.4 Å². The maximum Gasteiger partial charge on any atom is 0.315 e. The van der Waals surface area contributed by atoms with E-state index in [4.69, 9.17) is 0 Å². The fraction of sp³-hybridized carbons (Fsp3) is 0.318. The number of aliphatic carboxylic acids is 1. The molecule has 0 radical (unpaired) electrons. The Morgan fingerprint density at radius 2 is 1.86 bits per heavy atom. The maximum atomic E-state index is 12.7. The van der Waals surface area contributed by atoms with Gasteiger partial charge in [-0.05, 0) is 42.2 Å². The van der Waals surface area contributed by atoms with Gasteiger partial charge in [0, 0.05) is 31.3 Å². The first-order valence-electron chi connectivity index (χ1n) is 9.35. The van der Waals surface area contributed by atoms with Crippen molar-refractivity contribution in [2.24, 2.45) is 0 Å². The molecule has 0 aromatic heterocycles. The molecule has 1 aliphatic heterocycles. The minimum absolute atomic E-state index is 0.00282. The van der Waals surface area contributed by atoms with Gasteiger partial charge in [0.05, 0.1) is 0 Å². The van der Waals surface area contributed by atoms with E-state index >= 15 is 0 Å². The van der Waals surface area contributed by atoms with Crippen LogP contribution in [0.4, 0.5) is 5.69 Å². The van der Waals surface area contributed by atoms with Crippen molar-refractivity contribution in [2.75, 3.05) is 18.5 Å². The van der Waals surface area contributed by atoms with Gasteiger partial charge in [-0.3, -0.25) is 14.4 Å². The molecular weight excluding hydrogens is 356 g/mol. The molecule has 0 saturated carbocycles. The van der Waals surface area contributed by atoms with Gasteiger partial charge in [-0.2, -0.15) is 0 Å². The van der Waals surface area contributed by atoms with Gasteiger partial charge in [0.15, 0.2) is 0 Å². The number of amides is 2. The van der Waals surface area contributed by atoms with Crippen molar-refractivity contribution in [3.8, 4) is 0 Å². The second kappa shape index (κ2) is 7.84. The van der Waals surface area contributed by atoms with Crippen molar-refractivity contribution in [3.63, 3.8) is 0 Å². The molecule has 1 unspecified atom stereocenters. The summed E-state index contributed by atoms with van der Waals surface area (Å²) in [4.78, 5) is 38.2. The van der Waals surface area contributed by atoms with Crippen molar-refractivity contribution < 1.29 is 19.5 Å². The predicted octanol–water partition coefficient (Wildman–Crippen LogP) is 2.76. The summed E-state index contributed by atoms with van der Waals surface area (Å²) >= 11 is 0. The number of fused-ring (bicyclic) bond motifs is 1. The van der Waals surface area contributed by atoms with Crippen LogP contribution in [0.15, 0.2) is 48.5 Å². The summed E-state index contributed by atoms with van der Waals surface area (Å²) in [6.45, 7) is 1.80. The quantitative estimate of drug-likeness (QED) is 0.807. The van der Waals surface area contributed by atoms with E-state index in [0.29, 0.717) is 30.4 Å². The summed E-state index contributed by atoms with van der Waals surface area (Å²) in [7, 11) is 1.72. The first-order chi connectivity index (χ1) is 13.4. The second-order valence-corrected chi connectivity index (χ2v) is 7.09. The Labute approximate surface area is 164 Å². The van der Waals surface area contributed by atoms with E-state index in [9.17, 15) is 19.5 Å². The number of carbonyl (C=O) groups is 3. The third-order valence-corrected chi connectivity index (χ3v) is 5.58. The van der Waals surface area contributed by atoms with Crippen molar-refractivity contribution in [1.82, 2.24) is 5.32 Å². The van der Waals surface area contributed by atoms with Crippen LogP contribution < -0.4 is 10.2 Å². The summed E-state index contributed by atoms with van der Waals surface area (Å²) < 4.78 is 0. The molecule has 0 bridgehead atoms. The number of hydrogen-bond acceptors (Lipinski definition) is 3. The zero-order valence-electron chi connectivity index (χ0n) is 16.1. The number of anilines is 1. The third kappa shape index (κ3) is 3.50. The zero-order valence-corrected chi connectivity index (χ0v) is 16.1. The Morgan fingerprint density at radius 3 is 2.50 bits per heavy atom. The number of carboxylic acids is 1. The molecule has 2 aromatic carbocycles. The number of nitrogens with one attached hydrogen (secondary N) is 1. The van der Waals surface area contributed by atoms with E-state index in [1.165, 1.54) is 0 Å². The third-order valence-electron chi connectivity index (χ3n) is 5.58. The molecule has 2 amide bonds. The zero-order chi connectivity index (χ0) is 20.3. The van der Waals surface area contributed by atoms with Gasteiger partial charge in [-0.15, -0.1) is 0 Å². The molecule has 28 heavy (non-hydrogen) atoms. The summed E-state index contributed by atoms with van der Waals surface area (Å²) in [6.07, 6.45) is 1.36. The van der Waals surface area contributed by atoms with E-state index in [1.54, 1.807) is 61.3 Å². The molecule has 6 heteroatoms. The summed E-state index contributed by atoms with van der Waals surface area (Å²) in [5, 5.41) is 12.7. The molecule has 0 fully saturated rings. The molecular formula is C22H24N2O4. The van der Waals surface area contributed by atoms with E-state index in [-0.39, 0.29) is 18.4 Å². The molecule has 1 aliphatic rings. The number of benzene rings is 2. The van der Waals surface area contributed by atoms with Crippen LogP contribution >= 0.6 is 0 Å². The Hall–Kier alpha value is -3.15. The highest BCUT2D eigenvalue weighted by Crippen LogP contribution is 2.29. The molecule has 3 rings (SSSR count). The topological polar surface area (TPSA) is 86.7 Å². The summed E-state index contributed by atoms with van der Waals surface area (Å²) in [6, 6.07) is 14.2. The minimum Gasteiger partial charge on any atom is -0.481 e. The SMILES string of the molecule is CCC(CNC(=O)c1ccc2c(c1)CCC(=O)N2C)(C(=O)O)c1ccccc1. The lowest BCUT2D eigenvalue weighted by molar-refractivity contribution is -0.143. The molecule has 0 aliphatic carbocycles. The number of carbonyl (C=O) groups excluding carboxylic acids is 2. The van der Waals surface area contributed by atoms with Gasteiger partial charge >= 0.3 is 5.97 Å². The van der Waals surface area contributed by atoms with Crippen LogP contribution in [0.1, 0.15) is 41.3 Å². The van der Waals surface area contributed by atoms with E-state index in [2.05, 4.69) is 5.32 Å². The summed E-state index contributed by atoms with van der Waals surface area (Å²) in [5.41, 5.74) is 1.70. The van der Waals surface area contributed by atoms with Crippen LogP contribution in [0.25, 0.3) is 0 Å². The first-order valence-corrected chi connectivity index (χ1v) is 9.35. The van der Waals surface area contributed by atoms with Crippen molar-refractivity contribution >= 4 is 23.5 Å².